The van der Waals surface area contributed by atoms with Crippen molar-refractivity contribution in [1.82, 2.24) is 0 Å². The topological polar surface area (TPSA) is 0 Å². The van der Waals surface area contributed by atoms with Gasteiger partial charge in [0.1, 0.15) is 0 Å². The minimum absolute atomic E-state index is 0. The third-order valence-electron chi connectivity index (χ3n) is 1.22. The summed E-state index contributed by atoms with van der Waals surface area (Å²) in [6.07, 6.45) is 1.82. The van der Waals surface area contributed by atoms with Crippen molar-refractivity contribution in [3.63, 3.8) is 0 Å². The van der Waals surface area contributed by atoms with Crippen LogP contribution < -0.4 is 31.3 Å². The van der Waals surface area contributed by atoms with E-state index in [1.54, 1.807) is 0 Å². The van der Waals surface area contributed by atoms with Crippen molar-refractivity contribution < 1.29 is 48.6 Å². The van der Waals surface area contributed by atoms with E-state index in [9.17, 15) is 0 Å². The van der Waals surface area contributed by atoms with E-state index < -0.39 is 0 Å². The summed E-state index contributed by atoms with van der Waals surface area (Å²) in [7, 11) is 4.76. The molecular weight excluding hydrogens is 251 g/mol. The molecule has 0 saturated heterocycles. The first kappa shape index (κ1) is 19.2. The van der Waals surface area contributed by atoms with Gasteiger partial charge in [-0.25, -0.2) is 0 Å². The summed E-state index contributed by atoms with van der Waals surface area (Å²) in [4.78, 5) is 0. The van der Waals surface area contributed by atoms with Crippen LogP contribution in [0.15, 0.2) is 30.8 Å². The Morgan fingerprint density at radius 1 is 1.23 bits per heavy atom. The van der Waals surface area contributed by atoms with Crippen molar-refractivity contribution in [3.05, 3.63) is 48.9 Å². The molecule has 13 heavy (non-hydrogen) atoms. The van der Waals surface area contributed by atoms with Crippen LogP contribution in [0.1, 0.15) is 11.1 Å². The Morgan fingerprint density at radius 3 is 1.92 bits per heavy atom. The van der Waals surface area contributed by atoms with Crippen molar-refractivity contribution >= 4 is 15.8 Å². The summed E-state index contributed by atoms with van der Waals surface area (Å²) >= 11 is 0.847. The third kappa shape index (κ3) is 8.95. The molecule has 62 valence electrons. The van der Waals surface area contributed by atoms with Gasteiger partial charge in [0.15, 0.2) is 0 Å². The molecule has 0 aliphatic carbocycles. The van der Waals surface area contributed by atoms with Crippen LogP contribution in [0.25, 0.3) is 6.08 Å². The van der Waals surface area contributed by atoms with Gasteiger partial charge in [-0.05, 0) is 0 Å². The molecule has 1 aromatic rings. The fourth-order valence-electron chi connectivity index (χ4n) is 0.654. The molecule has 0 fully saturated rings. The van der Waals surface area contributed by atoms with Crippen molar-refractivity contribution in [1.29, 1.82) is 0 Å². The van der Waals surface area contributed by atoms with Crippen molar-refractivity contribution in [2.75, 3.05) is 0 Å². The van der Waals surface area contributed by atoms with Crippen LogP contribution in [-0.4, -0.2) is 0 Å². The van der Waals surface area contributed by atoms with Gasteiger partial charge in [-0.1, -0.05) is 18.2 Å². The molecule has 1 aromatic carbocycles. The molecule has 0 amide bonds. The second kappa shape index (κ2) is 12.6. The van der Waals surface area contributed by atoms with Crippen LogP contribution in [0.3, 0.4) is 0 Å². The minimum Gasteiger partial charge on any atom is 1.00 e. The molecule has 0 saturated carbocycles. The van der Waals surface area contributed by atoms with Gasteiger partial charge in [0, 0.05) is 0 Å². The number of hydrogen-bond donors (Lipinski definition) is 0. The largest absolute Gasteiger partial charge is 1.00 e. The monoisotopic (exact) mass is 258 g/mol. The van der Waals surface area contributed by atoms with Gasteiger partial charge >= 0.3 is 45.9 Å². The minimum atomic E-state index is 0. The third-order valence-corrected chi connectivity index (χ3v) is 1.22. The maximum atomic E-state index is 4.76. The molecule has 0 unspecified atom stereocenters. The molecule has 0 N–H and O–H groups in total. The van der Waals surface area contributed by atoms with E-state index in [1.165, 1.54) is 0 Å². The van der Waals surface area contributed by atoms with Crippen LogP contribution in [-0.2, 0) is 17.3 Å². The van der Waals surface area contributed by atoms with Gasteiger partial charge in [0.25, 0.3) is 0 Å². The standard InChI is InChI=1S/C9H9.2ClH.Li.Zn/c1-3-9-6-4-8(2)5-7-9;;;;/h3-7H,1-2H2;2*1H;;/q-1;;;+1;+2/p-2. The van der Waals surface area contributed by atoms with Gasteiger partial charge in [-0.3, -0.25) is 0 Å². The molecule has 0 heterocycles. The molecular formula is C9H9Cl2LiZn. The van der Waals surface area contributed by atoms with Gasteiger partial charge in [0.2, 0.25) is 0 Å². The van der Waals surface area contributed by atoms with Gasteiger partial charge in [-0.15, -0.1) is 12.1 Å². The molecule has 0 atom stereocenters. The first-order chi connectivity index (χ1) is 5.33. The molecule has 1 rings (SSSR count). The zero-order valence-electron chi connectivity index (χ0n) is 7.76. The second-order valence-electron chi connectivity index (χ2n) is 1.95. The van der Waals surface area contributed by atoms with E-state index >= 15 is 0 Å². The molecule has 0 aliphatic heterocycles. The first-order valence-electron chi connectivity index (χ1n) is 3.14. The van der Waals surface area contributed by atoms with E-state index in [2.05, 4.69) is 13.5 Å². The average Bonchev–Trinajstić information content (AvgIpc) is 2.10. The van der Waals surface area contributed by atoms with Crippen LogP contribution >= 0.6 is 9.69 Å². The Morgan fingerprint density at radius 2 is 1.62 bits per heavy atom. The second-order valence-corrected chi connectivity index (χ2v) is 1.95. The molecule has 0 bridgehead atoms. The number of hydrogen-bond acceptors (Lipinski definition) is 0. The van der Waals surface area contributed by atoms with E-state index in [0.717, 1.165) is 28.4 Å². The molecule has 0 aromatic heterocycles. The van der Waals surface area contributed by atoms with Crippen LogP contribution in [0.4, 0.5) is 0 Å². The van der Waals surface area contributed by atoms with Crippen LogP contribution in [0.2, 0.25) is 0 Å². The fourth-order valence-corrected chi connectivity index (χ4v) is 0.654. The molecule has 0 spiro atoms. The van der Waals surface area contributed by atoms with E-state index in [0.29, 0.717) is 0 Å². The summed E-state index contributed by atoms with van der Waals surface area (Å²) in [6.45, 7) is 7.40. The van der Waals surface area contributed by atoms with Gasteiger partial charge in [-0.2, -0.15) is 24.6 Å². The average molecular weight is 260 g/mol. The number of halogens is 2. The SMILES string of the molecule is C=Cc1ccc([CH2-])cc1.[Cl-].[Cl][Zn+].[Li+]. The molecule has 0 radical (unpaired) electrons. The van der Waals surface area contributed by atoms with Gasteiger partial charge in [0.05, 0.1) is 0 Å². The van der Waals surface area contributed by atoms with Crippen molar-refractivity contribution in [2.24, 2.45) is 0 Å². The quantitative estimate of drug-likeness (QED) is 0.378. The summed E-state index contributed by atoms with van der Waals surface area (Å²) in [6, 6.07) is 7.93. The Kier molecular flexibility index (Phi) is 18.7. The summed E-state index contributed by atoms with van der Waals surface area (Å²) < 4.78 is 0. The van der Waals surface area contributed by atoms with Crippen molar-refractivity contribution in [3.8, 4) is 0 Å². The Bertz CT molecular complexity index is 211. The maximum Gasteiger partial charge on any atom is 1.00 e. The Labute approximate surface area is 112 Å². The normalized spacial score (nSPS) is 6.69. The molecule has 4 heteroatoms. The smallest absolute Gasteiger partial charge is 1.00 e. The predicted molar refractivity (Wildman–Crippen MR) is 46.8 cm³/mol. The van der Waals surface area contributed by atoms with Crippen LogP contribution in [0, 0.1) is 6.92 Å². The van der Waals surface area contributed by atoms with E-state index in [1.807, 2.05) is 30.3 Å². The maximum absolute atomic E-state index is 4.76. The number of benzene rings is 1. The molecule has 0 aliphatic rings. The summed E-state index contributed by atoms with van der Waals surface area (Å²) in [5.74, 6) is 0. The van der Waals surface area contributed by atoms with Gasteiger partial charge < -0.3 is 12.4 Å². The first-order valence-corrected chi connectivity index (χ1v) is 7.04. The summed E-state index contributed by atoms with van der Waals surface area (Å²) in [5, 5.41) is 0. The Balaban J connectivity index is -0.000000234. The zero-order chi connectivity index (χ0) is 8.69. The van der Waals surface area contributed by atoms with Crippen molar-refractivity contribution in [2.45, 2.75) is 0 Å². The van der Waals surface area contributed by atoms with E-state index in [4.69, 9.17) is 9.69 Å². The van der Waals surface area contributed by atoms with Crippen LogP contribution in [0.5, 0.6) is 0 Å². The zero-order valence-corrected chi connectivity index (χ0v) is 12.2. The fraction of sp³-hybridized carbons (Fsp3) is 0. The predicted octanol–water partition coefficient (Wildman–Crippen LogP) is -2.79. The molecule has 0 nitrogen and oxygen atoms in total. The number of rotatable bonds is 1. The van der Waals surface area contributed by atoms with E-state index in [-0.39, 0.29) is 31.3 Å². The Hall–Kier alpha value is 0.631. The summed E-state index contributed by atoms with van der Waals surface area (Å²) in [5.41, 5.74) is 2.18.